The molecule has 2 heteroatoms. The molecule has 1 rings (SSSR count). The Morgan fingerprint density at radius 2 is 1.71 bits per heavy atom. The molecule has 0 saturated carbocycles. The van der Waals surface area contributed by atoms with Crippen LogP contribution in [0.4, 0.5) is 0 Å². The molecule has 0 N–H and O–H groups in total. The van der Waals surface area contributed by atoms with E-state index >= 15 is 0 Å². The Bertz CT molecular complexity index is 292. The molecule has 0 aromatic carbocycles. The predicted octanol–water partition coefficient (Wildman–Crippen LogP) is 4.50. The summed E-state index contributed by atoms with van der Waals surface area (Å²) >= 11 is 0. The van der Waals surface area contributed by atoms with Crippen LogP contribution >= 0.6 is 0 Å². The van der Waals surface area contributed by atoms with Crippen molar-refractivity contribution in [1.29, 1.82) is 0 Å². The third-order valence-corrected chi connectivity index (χ3v) is 3.40. The molecule has 0 aliphatic heterocycles. The second kappa shape index (κ2) is 8.21. The van der Waals surface area contributed by atoms with Gasteiger partial charge in [0.2, 0.25) is 0 Å². The summed E-state index contributed by atoms with van der Waals surface area (Å²) < 4.78 is 0. The van der Waals surface area contributed by atoms with Crippen LogP contribution in [0.15, 0.2) is 12.4 Å². The van der Waals surface area contributed by atoms with Crippen LogP contribution in [0.3, 0.4) is 0 Å². The SMILES string of the molecule is CCCCCCC(CC)c1ncc(CC)cn1. The van der Waals surface area contributed by atoms with Crippen LogP contribution in [0.1, 0.15) is 76.6 Å². The van der Waals surface area contributed by atoms with E-state index in [9.17, 15) is 0 Å². The molecule has 1 atom stereocenters. The van der Waals surface area contributed by atoms with Crippen LogP contribution < -0.4 is 0 Å². The number of rotatable bonds is 8. The second-order valence-electron chi connectivity index (χ2n) is 4.76. The molecule has 0 aliphatic carbocycles. The van der Waals surface area contributed by atoms with Crippen molar-refractivity contribution in [1.82, 2.24) is 9.97 Å². The van der Waals surface area contributed by atoms with E-state index in [2.05, 4.69) is 30.7 Å². The Morgan fingerprint density at radius 3 is 2.24 bits per heavy atom. The number of hydrogen-bond donors (Lipinski definition) is 0. The summed E-state index contributed by atoms with van der Waals surface area (Å²) in [6.45, 7) is 6.63. The van der Waals surface area contributed by atoms with Gasteiger partial charge in [0.05, 0.1) is 0 Å². The van der Waals surface area contributed by atoms with E-state index < -0.39 is 0 Å². The molecule has 0 aliphatic rings. The van der Waals surface area contributed by atoms with Crippen LogP contribution in [-0.4, -0.2) is 9.97 Å². The van der Waals surface area contributed by atoms with E-state index in [-0.39, 0.29) is 0 Å². The Labute approximate surface area is 106 Å². The monoisotopic (exact) mass is 234 g/mol. The smallest absolute Gasteiger partial charge is 0.131 e. The highest BCUT2D eigenvalue weighted by atomic mass is 14.9. The number of hydrogen-bond acceptors (Lipinski definition) is 2. The molecule has 1 unspecified atom stereocenters. The highest BCUT2D eigenvalue weighted by Gasteiger charge is 2.11. The highest BCUT2D eigenvalue weighted by Crippen LogP contribution is 2.22. The molecule has 2 nitrogen and oxygen atoms in total. The van der Waals surface area contributed by atoms with Crippen molar-refractivity contribution in [2.24, 2.45) is 0 Å². The first-order valence-electron chi connectivity index (χ1n) is 7.12. The van der Waals surface area contributed by atoms with Crippen LogP contribution in [0.5, 0.6) is 0 Å². The van der Waals surface area contributed by atoms with Gasteiger partial charge < -0.3 is 0 Å². The minimum atomic E-state index is 0.553. The van der Waals surface area contributed by atoms with Gasteiger partial charge in [0.1, 0.15) is 5.82 Å². The van der Waals surface area contributed by atoms with Gasteiger partial charge in [0.15, 0.2) is 0 Å². The largest absolute Gasteiger partial charge is 0.241 e. The molecular weight excluding hydrogens is 208 g/mol. The van der Waals surface area contributed by atoms with Crippen molar-refractivity contribution in [3.8, 4) is 0 Å². The normalized spacial score (nSPS) is 12.6. The Hall–Kier alpha value is -0.920. The molecule has 0 radical (unpaired) electrons. The van der Waals surface area contributed by atoms with Gasteiger partial charge in [-0.3, -0.25) is 0 Å². The maximum absolute atomic E-state index is 4.51. The van der Waals surface area contributed by atoms with Crippen LogP contribution in [0, 0.1) is 0 Å². The van der Waals surface area contributed by atoms with Crippen molar-refractivity contribution in [2.45, 2.75) is 71.6 Å². The molecule has 0 saturated heterocycles. The fourth-order valence-electron chi connectivity index (χ4n) is 2.09. The maximum atomic E-state index is 4.51. The van der Waals surface area contributed by atoms with E-state index in [1.165, 1.54) is 37.7 Å². The van der Waals surface area contributed by atoms with E-state index in [1.54, 1.807) is 0 Å². The number of aromatic nitrogens is 2. The lowest BCUT2D eigenvalue weighted by Crippen LogP contribution is -2.04. The van der Waals surface area contributed by atoms with Crippen LogP contribution in [0.25, 0.3) is 0 Å². The van der Waals surface area contributed by atoms with E-state index in [0.717, 1.165) is 18.7 Å². The molecule has 17 heavy (non-hydrogen) atoms. The van der Waals surface area contributed by atoms with Crippen molar-refractivity contribution >= 4 is 0 Å². The van der Waals surface area contributed by atoms with E-state index in [1.807, 2.05) is 12.4 Å². The quantitative estimate of drug-likeness (QED) is 0.619. The summed E-state index contributed by atoms with van der Waals surface area (Å²) in [7, 11) is 0. The van der Waals surface area contributed by atoms with Crippen LogP contribution in [-0.2, 0) is 6.42 Å². The molecule has 0 amide bonds. The lowest BCUT2D eigenvalue weighted by molar-refractivity contribution is 0.521. The van der Waals surface area contributed by atoms with Crippen LogP contribution in [0.2, 0.25) is 0 Å². The number of aryl methyl sites for hydroxylation is 1. The van der Waals surface area contributed by atoms with Gasteiger partial charge in [-0.25, -0.2) is 9.97 Å². The Morgan fingerprint density at radius 1 is 1.00 bits per heavy atom. The number of nitrogens with zero attached hydrogens (tertiary/aromatic N) is 2. The summed E-state index contributed by atoms with van der Waals surface area (Å²) in [5, 5.41) is 0. The lowest BCUT2D eigenvalue weighted by Gasteiger charge is -2.13. The molecule has 1 aromatic rings. The summed E-state index contributed by atoms with van der Waals surface area (Å²) in [4.78, 5) is 9.02. The molecule has 96 valence electrons. The van der Waals surface area contributed by atoms with Gasteiger partial charge in [0, 0.05) is 18.3 Å². The van der Waals surface area contributed by atoms with Gasteiger partial charge in [-0.15, -0.1) is 0 Å². The molecule has 0 fully saturated rings. The summed E-state index contributed by atoms with van der Waals surface area (Å²) in [6, 6.07) is 0. The van der Waals surface area contributed by atoms with Gasteiger partial charge in [-0.05, 0) is 24.8 Å². The topological polar surface area (TPSA) is 25.8 Å². The van der Waals surface area contributed by atoms with E-state index in [0.29, 0.717) is 5.92 Å². The van der Waals surface area contributed by atoms with Gasteiger partial charge in [-0.1, -0.05) is 46.5 Å². The van der Waals surface area contributed by atoms with Gasteiger partial charge >= 0.3 is 0 Å². The fraction of sp³-hybridized carbons (Fsp3) is 0.733. The van der Waals surface area contributed by atoms with Crippen molar-refractivity contribution in [2.75, 3.05) is 0 Å². The molecule has 1 heterocycles. The van der Waals surface area contributed by atoms with Crippen molar-refractivity contribution in [3.05, 3.63) is 23.8 Å². The Kier molecular flexibility index (Phi) is 6.83. The molecule has 0 bridgehead atoms. The zero-order valence-corrected chi connectivity index (χ0v) is 11.6. The maximum Gasteiger partial charge on any atom is 0.131 e. The number of unbranched alkanes of at least 4 members (excludes halogenated alkanes) is 3. The van der Waals surface area contributed by atoms with Gasteiger partial charge in [0.25, 0.3) is 0 Å². The summed E-state index contributed by atoms with van der Waals surface area (Å²) in [5.74, 6) is 1.60. The standard InChI is InChI=1S/C15H26N2/c1-4-7-8-9-10-14(6-3)15-16-11-13(5-2)12-17-15/h11-12,14H,4-10H2,1-3H3. The minimum Gasteiger partial charge on any atom is -0.241 e. The minimum absolute atomic E-state index is 0.553. The average molecular weight is 234 g/mol. The predicted molar refractivity (Wildman–Crippen MR) is 73.2 cm³/mol. The molecule has 1 aromatic heterocycles. The van der Waals surface area contributed by atoms with Gasteiger partial charge in [-0.2, -0.15) is 0 Å². The van der Waals surface area contributed by atoms with E-state index in [4.69, 9.17) is 0 Å². The Balaban J connectivity index is 2.47. The fourth-order valence-corrected chi connectivity index (χ4v) is 2.09. The zero-order valence-electron chi connectivity index (χ0n) is 11.6. The first-order valence-corrected chi connectivity index (χ1v) is 7.12. The molecular formula is C15H26N2. The lowest BCUT2D eigenvalue weighted by atomic mass is 9.97. The first kappa shape index (κ1) is 14.1. The zero-order chi connectivity index (χ0) is 12.5. The third-order valence-electron chi connectivity index (χ3n) is 3.40. The third kappa shape index (κ3) is 4.84. The second-order valence-corrected chi connectivity index (χ2v) is 4.76. The van der Waals surface area contributed by atoms with Crippen molar-refractivity contribution < 1.29 is 0 Å². The highest BCUT2D eigenvalue weighted by molar-refractivity contribution is 5.07. The summed E-state index contributed by atoms with van der Waals surface area (Å²) in [5.41, 5.74) is 1.23. The average Bonchev–Trinajstić information content (AvgIpc) is 2.39. The first-order chi connectivity index (χ1) is 8.31. The summed E-state index contributed by atoms with van der Waals surface area (Å²) in [6.07, 6.45) is 12.7. The molecule has 0 spiro atoms. The van der Waals surface area contributed by atoms with Crippen molar-refractivity contribution in [3.63, 3.8) is 0 Å².